The molecule has 0 saturated carbocycles. The number of nitrogens with one attached hydrogen (secondary N) is 2. The van der Waals surface area contributed by atoms with Crippen LogP contribution in [0.5, 0.6) is 0 Å². The van der Waals surface area contributed by atoms with Gasteiger partial charge in [-0.2, -0.15) is 0 Å². The molecular formula is C14H20N2O3. The second-order valence-electron chi connectivity index (χ2n) is 5.54. The zero-order valence-corrected chi connectivity index (χ0v) is 11.0. The first-order valence-electron chi connectivity index (χ1n) is 6.87. The van der Waals surface area contributed by atoms with Crippen LogP contribution in [0.15, 0.2) is 0 Å². The van der Waals surface area contributed by atoms with E-state index in [2.05, 4.69) is 11.2 Å². The van der Waals surface area contributed by atoms with Crippen molar-refractivity contribution in [3.05, 3.63) is 0 Å². The van der Waals surface area contributed by atoms with E-state index in [1.54, 1.807) is 0 Å². The Balaban J connectivity index is 1.75. The highest BCUT2D eigenvalue weighted by Gasteiger charge is 2.42. The summed E-state index contributed by atoms with van der Waals surface area (Å²) >= 11 is 0. The van der Waals surface area contributed by atoms with Gasteiger partial charge in [0.25, 0.3) is 0 Å². The first kappa shape index (κ1) is 13.9. The van der Waals surface area contributed by atoms with E-state index in [1.165, 1.54) is 11.3 Å². The molecule has 3 rings (SSSR count). The number of aliphatic carboxylic acids is 1. The fourth-order valence-corrected chi connectivity index (χ4v) is 3.27. The lowest BCUT2D eigenvalue weighted by atomic mass is 9.76. The van der Waals surface area contributed by atoms with Gasteiger partial charge in [-0.1, -0.05) is 5.92 Å². The van der Waals surface area contributed by atoms with E-state index in [9.17, 15) is 14.7 Å². The lowest BCUT2D eigenvalue weighted by molar-refractivity contribution is -0.943. The summed E-state index contributed by atoms with van der Waals surface area (Å²) in [6, 6.07) is 0.426. The first-order valence-corrected chi connectivity index (χ1v) is 6.87. The van der Waals surface area contributed by atoms with E-state index in [0.29, 0.717) is 24.4 Å². The Hall–Kier alpha value is -1.54. The minimum Gasteiger partial charge on any atom is -0.550 e. The van der Waals surface area contributed by atoms with Crippen LogP contribution < -0.4 is 15.3 Å². The Labute approximate surface area is 113 Å². The molecule has 3 heterocycles. The van der Waals surface area contributed by atoms with Crippen molar-refractivity contribution in [3.8, 4) is 12.3 Å². The standard InChI is InChI=1S/C14H20N2O3/c1-2-10-9-16-6-5-11(10)7-12(16)8-15-13(17)3-4-14(18)19/h1,10-12H,3-9H2,(H,15,17)(H,18,19)/t10-,11+,12+/m0/s1. The summed E-state index contributed by atoms with van der Waals surface area (Å²) in [5.41, 5.74) is 0. The molecule has 3 aliphatic heterocycles. The summed E-state index contributed by atoms with van der Waals surface area (Å²) in [4.78, 5) is 23.2. The molecule has 5 nitrogen and oxygen atoms in total. The predicted octanol–water partition coefficient (Wildman–Crippen LogP) is -2.44. The molecule has 1 unspecified atom stereocenters. The molecular weight excluding hydrogens is 244 g/mol. The van der Waals surface area contributed by atoms with E-state index >= 15 is 0 Å². The van der Waals surface area contributed by atoms with Crippen molar-refractivity contribution in [2.45, 2.75) is 31.7 Å². The Bertz CT molecular complexity index is 402. The zero-order valence-electron chi connectivity index (χ0n) is 11.0. The summed E-state index contributed by atoms with van der Waals surface area (Å²) in [6.07, 6.45) is 7.56. The number of carbonyl (C=O) groups is 2. The molecule has 0 aromatic rings. The van der Waals surface area contributed by atoms with Gasteiger partial charge in [-0.05, 0) is 12.3 Å². The Morgan fingerprint density at radius 3 is 2.79 bits per heavy atom. The van der Waals surface area contributed by atoms with Gasteiger partial charge in [0.2, 0.25) is 5.91 Å². The molecule has 3 saturated heterocycles. The van der Waals surface area contributed by atoms with Gasteiger partial charge in [-0.25, -0.2) is 0 Å². The second-order valence-corrected chi connectivity index (χ2v) is 5.54. The van der Waals surface area contributed by atoms with Crippen molar-refractivity contribution in [1.82, 2.24) is 5.32 Å². The van der Waals surface area contributed by atoms with Crippen LogP contribution in [-0.4, -0.2) is 37.6 Å². The topological polar surface area (TPSA) is 73.7 Å². The molecule has 104 valence electrons. The lowest BCUT2D eigenvalue weighted by Crippen LogP contribution is -3.20. The van der Waals surface area contributed by atoms with Crippen molar-refractivity contribution in [3.63, 3.8) is 0 Å². The SMILES string of the molecule is C#C[C@H]1C[NH+]2CC[C@@H]1C[C@@H]2CNC(=O)CCC(=O)[O-]. The molecule has 0 radical (unpaired) electrons. The number of piperidine rings is 3. The third-order valence-corrected chi connectivity index (χ3v) is 4.37. The van der Waals surface area contributed by atoms with Gasteiger partial charge < -0.3 is 20.1 Å². The molecule has 1 amide bonds. The molecule has 3 fully saturated rings. The number of terminal acetylenes is 1. The number of carbonyl (C=O) groups excluding carboxylic acids is 2. The minimum absolute atomic E-state index is 0.000789. The first-order chi connectivity index (χ1) is 9.10. The molecule has 0 aliphatic carbocycles. The summed E-state index contributed by atoms with van der Waals surface area (Å²) < 4.78 is 0. The average Bonchev–Trinajstić information content (AvgIpc) is 2.43. The van der Waals surface area contributed by atoms with Crippen molar-refractivity contribution in [1.29, 1.82) is 0 Å². The smallest absolute Gasteiger partial charge is 0.220 e. The largest absolute Gasteiger partial charge is 0.550 e. The molecule has 5 heteroatoms. The number of rotatable bonds is 5. The molecule has 3 aliphatic rings. The van der Waals surface area contributed by atoms with E-state index in [1.807, 2.05) is 0 Å². The normalized spacial score (nSPS) is 32.6. The van der Waals surface area contributed by atoms with Crippen LogP contribution in [0.3, 0.4) is 0 Å². The zero-order chi connectivity index (χ0) is 13.8. The predicted molar refractivity (Wildman–Crippen MR) is 66.8 cm³/mol. The van der Waals surface area contributed by atoms with Gasteiger partial charge in [-0.3, -0.25) is 4.79 Å². The molecule has 0 aromatic carbocycles. The maximum Gasteiger partial charge on any atom is 0.220 e. The molecule has 0 spiro atoms. The van der Waals surface area contributed by atoms with Gasteiger partial charge in [0, 0.05) is 25.2 Å². The lowest BCUT2D eigenvalue weighted by Gasteiger charge is -2.45. The average molecular weight is 264 g/mol. The van der Waals surface area contributed by atoms with Gasteiger partial charge >= 0.3 is 0 Å². The number of fused-ring (bicyclic) bond motifs is 3. The number of hydrogen-bond acceptors (Lipinski definition) is 3. The number of carboxylic acid groups (broad SMARTS) is 1. The van der Waals surface area contributed by atoms with Crippen molar-refractivity contribution >= 4 is 11.9 Å². The van der Waals surface area contributed by atoms with Gasteiger partial charge in [0.15, 0.2) is 0 Å². The van der Waals surface area contributed by atoms with Crippen molar-refractivity contribution in [2.75, 3.05) is 19.6 Å². The fourth-order valence-electron chi connectivity index (χ4n) is 3.27. The third kappa shape index (κ3) is 3.48. The quantitative estimate of drug-likeness (QED) is 0.542. The van der Waals surface area contributed by atoms with Crippen LogP contribution in [0.25, 0.3) is 0 Å². The van der Waals surface area contributed by atoms with E-state index in [-0.39, 0.29) is 18.7 Å². The van der Waals surface area contributed by atoms with Crippen LogP contribution in [0.1, 0.15) is 25.7 Å². The molecule has 2 N–H and O–H groups in total. The summed E-state index contributed by atoms with van der Waals surface area (Å²) in [5, 5.41) is 13.1. The maximum atomic E-state index is 11.5. The Morgan fingerprint density at radius 1 is 1.42 bits per heavy atom. The Kier molecular flexibility index (Phi) is 4.43. The third-order valence-electron chi connectivity index (χ3n) is 4.37. The minimum atomic E-state index is -1.18. The summed E-state index contributed by atoms with van der Waals surface area (Å²) in [5.74, 6) is 2.46. The van der Waals surface area contributed by atoms with Crippen LogP contribution in [-0.2, 0) is 9.59 Å². The van der Waals surface area contributed by atoms with Gasteiger partial charge in [0.1, 0.15) is 6.04 Å². The van der Waals surface area contributed by atoms with Gasteiger partial charge in [0.05, 0.1) is 25.6 Å². The van der Waals surface area contributed by atoms with Crippen LogP contribution >= 0.6 is 0 Å². The molecule has 0 aromatic heterocycles. The number of carboxylic acids is 1. The van der Waals surface area contributed by atoms with Gasteiger partial charge in [-0.15, -0.1) is 6.42 Å². The highest BCUT2D eigenvalue weighted by atomic mass is 16.4. The number of hydrogen-bond donors (Lipinski definition) is 2. The van der Waals surface area contributed by atoms with Crippen LogP contribution in [0, 0.1) is 24.2 Å². The fraction of sp³-hybridized carbons (Fsp3) is 0.714. The Morgan fingerprint density at radius 2 is 2.21 bits per heavy atom. The highest BCUT2D eigenvalue weighted by Crippen LogP contribution is 2.25. The number of amides is 1. The monoisotopic (exact) mass is 264 g/mol. The maximum absolute atomic E-state index is 11.5. The van der Waals surface area contributed by atoms with Crippen LogP contribution in [0.2, 0.25) is 0 Å². The molecule has 19 heavy (non-hydrogen) atoms. The molecule has 4 atom stereocenters. The van der Waals surface area contributed by atoms with E-state index in [0.717, 1.165) is 19.5 Å². The number of quaternary nitrogens is 1. The highest BCUT2D eigenvalue weighted by molar-refractivity contribution is 5.79. The van der Waals surface area contributed by atoms with E-state index in [4.69, 9.17) is 6.42 Å². The van der Waals surface area contributed by atoms with Crippen molar-refractivity contribution < 1.29 is 19.6 Å². The second kappa shape index (κ2) is 6.07. The van der Waals surface area contributed by atoms with Crippen LogP contribution in [0.4, 0.5) is 0 Å². The summed E-state index contributed by atoms with van der Waals surface area (Å²) in [7, 11) is 0. The van der Waals surface area contributed by atoms with E-state index < -0.39 is 5.97 Å². The molecule has 2 bridgehead atoms. The summed E-state index contributed by atoms with van der Waals surface area (Å²) in [6.45, 7) is 2.75. The van der Waals surface area contributed by atoms with Crippen molar-refractivity contribution in [2.24, 2.45) is 11.8 Å².